The lowest BCUT2D eigenvalue weighted by atomic mass is 9.99. The number of hydrogen-bond acceptors (Lipinski definition) is 2. The molecule has 1 fully saturated rings. The molecule has 2 rings (SSSR count). The molecule has 2 unspecified atom stereocenters. The fourth-order valence-electron chi connectivity index (χ4n) is 2.66. The molecule has 1 aliphatic heterocycles. The first kappa shape index (κ1) is 13.6. The first-order chi connectivity index (χ1) is 9.04. The highest BCUT2D eigenvalue weighted by Gasteiger charge is 2.37. The van der Waals surface area contributed by atoms with E-state index in [2.05, 4.69) is 6.92 Å². The Balaban J connectivity index is 2.12. The number of amides is 1. The summed E-state index contributed by atoms with van der Waals surface area (Å²) in [6.07, 6.45) is 2.86. The van der Waals surface area contributed by atoms with Crippen LogP contribution in [-0.4, -0.2) is 39.5 Å². The van der Waals surface area contributed by atoms with Gasteiger partial charge in [-0.25, -0.2) is 0 Å². The van der Waals surface area contributed by atoms with Crippen LogP contribution < -0.4 is 0 Å². The van der Waals surface area contributed by atoms with Crippen LogP contribution in [0.15, 0.2) is 18.3 Å². The molecule has 1 N–H and O–H groups in total. The van der Waals surface area contributed by atoms with Crippen LogP contribution in [0.4, 0.5) is 0 Å². The topological polar surface area (TPSA) is 62.5 Å². The van der Waals surface area contributed by atoms with Crippen molar-refractivity contribution >= 4 is 11.9 Å². The summed E-state index contributed by atoms with van der Waals surface area (Å²) < 4.78 is 1.93. The van der Waals surface area contributed by atoms with E-state index < -0.39 is 11.9 Å². The summed E-state index contributed by atoms with van der Waals surface area (Å²) in [5, 5.41) is 9.11. The summed E-state index contributed by atoms with van der Waals surface area (Å²) in [5.74, 6) is -1.31. The highest BCUT2D eigenvalue weighted by Crippen LogP contribution is 2.24. The molecule has 5 heteroatoms. The minimum atomic E-state index is -0.813. The quantitative estimate of drug-likeness (QED) is 0.900. The molecule has 1 aromatic rings. The second-order valence-corrected chi connectivity index (χ2v) is 5.22. The third-order valence-electron chi connectivity index (χ3n) is 3.73. The molecule has 2 heterocycles. The van der Waals surface area contributed by atoms with Crippen molar-refractivity contribution in [1.82, 2.24) is 9.47 Å². The monoisotopic (exact) mass is 264 g/mol. The Morgan fingerprint density at radius 3 is 2.74 bits per heavy atom. The number of carboxylic acid groups (broad SMARTS) is 1. The molecule has 1 aliphatic rings. The van der Waals surface area contributed by atoms with E-state index in [4.69, 9.17) is 5.11 Å². The lowest BCUT2D eigenvalue weighted by molar-refractivity contribution is -0.142. The number of hydrogen-bond donors (Lipinski definition) is 1. The second-order valence-electron chi connectivity index (χ2n) is 5.22. The van der Waals surface area contributed by atoms with Crippen LogP contribution in [0, 0.1) is 11.8 Å². The number of likely N-dealkylation sites (tertiary alicyclic amines) is 1. The summed E-state index contributed by atoms with van der Waals surface area (Å²) >= 11 is 0. The van der Waals surface area contributed by atoms with Crippen LogP contribution in [0.3, 0.4) is 0 Å². The van der Waals surface area contributed by atoms with Crippen LogP contribution in [0.25, 0.3) is 0 Å². The van der Waals surface area contributed by atoms with Crippen LogP contribution in [-0.2, 0) is 11.3 Å². The maximum atomic E-state index is 12.4. The molecular weight excluding hydrogens is 244 g/mol. The molecule has 104 valence electrons. The van der Waals surface area contributed by atoms with Crippen molar-refractivity contribution in [3.63, 3.8) is 0 Å². The zero-order chi connectivity index (χ0) is 14.0. The predicted molar refractivity (Wildman–Crippen MR) is 70.9 cm³/mol. The van der Waals surface area contributed by atoms with E-state index in [0.29, 0.717) is 18.8 Å². The lowest BCUT2D eigenvalue weighted by Crippen LogP contribution is -2.31. The fourth-order valence-corrected chi connectivity index (χ4v) is 2.66. The van der Waals surface area contributed by atoms with E-state index in [-0.39, 0.29) is 11.8 Å². The molecule has 0 saturated carbocycles. The van der Waals surface area contributed by atoms with Crippen LogP contribution in [0.2, 0.25) is 0 Å². The van der Waals surface area contributed by atoms with Crippen molar-refractivity contribution in [3.8, 4) is 0 Å². The molecule has 19 heavy (non-hydrogen) atoms. The molecule has 5 nitrogen and oxygen atoms in total. The fraction of sp³-hybridized carbons (Fsp3) is 0.571. The third kappa shape index (κ3) is 2.64. The van der Waals surface area contributed by atoms with Crippen LogP contribution in [0.5, 0.6) is 0 Å². The van der Waals surface area contributed by atoms with E-state index in [1.165, 1.54) is 0 Å². The van der Waals surface area contributed by atoms with Crippen LogP contribution >= 0.6 is 0 Å². The van der Waals surface area contributed by atoms with Crippen molar-refractivity contribution in [2.75, 3.05) is 13.1 Å². The average molecular weight is 264 g/mol. The Morgan fingerprint density at radius 2 is 2.16 bits per heavy atom. The molecule has 0 spiro atoms. The standard InChI is InChI=1S/C14H20N2O3/c1-3-6-15-7-4-5-12(15)13(17)16-8-10(2)11(9-16)14(18)19/h4-5,7,10-11H,3,6,8-9H2,1-2H3,(H,18,19). The number of carbonyl (C=O) groups excluding carboxylic acids is 1. The number of aromatic nitrogens is 1. The second kappa shape index (κ2) is 5.47. The molecule has 0 bridgehead atoms. The summed E-state index contributed by atoms with van der Waals surface area (Å²) in [6, 6.07) is 3.66. The van der Waals surface area contributed by atoms with Gasteiger partial charge in [0.2, 0.25) is 0 Å². The number of aliphatic carboxylic acids is 1. The van der Waals surface area contributed by atoms with Gasteiger partial charge in [-0.2, -0.15) is 0 Å². The molecule has 0 aromatic carbocycles. The molecule has 1 amide bonds. The van der Waals surface area contributed by atoms with Gasteiger partial charge in [-0.15, -0.1) is 0 Å². The Kier molecular flexibility index (Phi) is 3.93. The maximum absolute atomic E-state index is 12.4. The van der Waals surface area contributed by atoms with Crippen molar-refractivity contribution < 1.29 is 14.7 Å². The number of aryl methyl sites for hydroxylation is 1. The summed E-state index contributed by atoms with van der Waals surface area (Å²) in [7, 11) is 0. The highest BCUT2D eigenvalue weighted by molar-refractivity contribution is 5.93. The first-order valence-corrected chi connectivity index (χ1v) is 6.71. The normalized spacial score (nSPS) is 22.7. The van der Waals surface area contributed by atoms with Gasteiger partial charge in [0.05, 0.1) is 5.92 Å². The van der Waals surface area contributed by atoms with Gasteiger partial charge >= 0.3 is 5.97 Å². The number of rotatable bonds is 4. The van der Waals surface area contributed by atoms with Gasteiger partial charge in [0.15, 0.2) is 0 Å². The first-order valence-electron chi connectivity index (χ1n) is 6.71. The van der Waals surface area contributed by atoms with Gasteiger partial charge < -0.3 is 14.6 Å². The summed E-state index contributed by atoms with van der Waals surface area (Å²) in [6.45, 7) is 5.59. The van der Waals surface area contributed by atoms with Crippen LogP contribution in [0.1, 0.15) is 30.8 Å². The van der Waals surface area contributed by atoms with E-state index >= 15 is 0 Å². The van der Waals surface area contributed by atoms with Crippen molar-refractivity contribution in [3.05, 3.63) is 24.0 Å². The maximum Gasteiger partial charge on any atom is 0.308 e. The summed E-state index contributed by atoms with van der Waals surface area (Å²) in [4.78, 5) is 25.2. The molecule has 1 aromatic heterocycles. The minimum Gasteiger partial charge on any atom is -0.481 e. The van der Waals surface area contributed by atoms with Crippen molar-refractivity contribution in [1.29, 1.82) is 0 Å². The SMILES string of the molecule is CCCn1cccc1C(=O)N1CC(C)C(C(=O)O)C1. The zero-order valence-corrected chi connectivity index (χ0v) is 11.4. The number of carbonyl (C=O) groups is 2. The Morgan fingerprint density at radius 1 is 1.42 bits per heavy atom. The van der Waals surface area contributed by atoms with E-state index in [1.54, 1.807) is 11.0 Å². The smallest absolute Gasteiger partial charge is 0.308 e. The Bertz CT molecular complexity index is 481. The molecule has 1 saturated heterocycles. The van der Waals surface area contributed by atoms with Gasteiger partial charge in [-0.3, -0.25) is 9.59 Å². The minimum absolute atomic E-state index is 0.0102. The molecule has 0 aliphatic carbocycles. The van der Waals surface area contributed by atoms with Gasteiger partial charge in [0, 0.05) is 25.8 Å². The Hall–Kier alpha value is -1.78. The van der Waals surface area contributed by atoms with Gasteiger partial charge in [0.25, 0.3) is 5.91 Å². The molecule has 0 radical (unpaired) electrons. The van der Waals surface area contributed by atoms with Gasteiger partial charge in [-0.1, -0.05) is 13.8 Å². The molecular formula is C14H20N2O3. The Labute approximate surface area is 112 Å². The van der Waals surface area contributed by atoms with E-state index in [1.807, 2.05) is 23.8 Å². The summed E-state index contributed by atoms with van der Waals surface area (Å²) in [5.41, 5.74) is 0.653. The van der Waals surface area contributed by atoms with Gasteiger partial charge in [0.1, 0.15) is 5.69 Å². The lowest BCUT2D eigenvalue weighted by Gasteiger charge is -2.17. The molecule has 2 atom stereocenters. The largest absolute Gasteiger partial charge is 0.481 e. The van der Waals surface area contributed by atoms with Crippen molar-refractivity contribution in [2.24, 2.45) is 11.8 Å². The zero-order valence-electron chi connectivity index (χ0n) is 11.4. The number of carboxylic acids is 1. The highest BCUT2D eigenvalue weighted by atomic mass is 16.4. The van der Waals surface area contributed by atoms with Crippen molar-refractivity contribution in [2.45, 2.75) is 26.8 Å². The number of nitrogens with zero attached hydrogens (tertiary/aromatic N) is 2. The average Bonchev–Trinajstić information content (AvgIpc) is 2.95. The third-order valence-corrected chi connectivity index (χ3v) is 3.73. The predicted octanol–water partition coefficient (Wildman–Crippen LogP) is 1.69. The van der Waals surface area contributed by atoms with Gasteiger partial charge in [-0.05, 0) is 24.5 Å². The van der Waals surface area contributed by atoms with E-state index in [0.717, 1.165) is 13.0 Å². The van der Waals surface area contributed by atoms with E-state index in [9.17, 15) is 9.59 Å².